The summed E-state index contributed by atoms with van der Waals surface area (Å²) in [5.74, 6) is -18.5. The van der Waals surface area contributed by atoms with Crippen molar-refractivity contribution in [3.05, 3.63) is 0 Å². The fourth-order valence-corrected chi connectivity index (χ4v) is 14.6. The van der Waals surface area contributed by atoms with Gasteiger partial charge in [-0.3, -0.25) is 81.7 Å². The number of aliphatic hydroxyl groups excluding tert-OH is 3. The van der Waals surface area contributed by atoms with E-state index in [1.165, 1.54) is 13.8 Å². The van der Waals surface area contributed by atoms with Crippen molar-refractivity contribution in [1.82, 2.24) is 85.1 Å². The lowest BCUT2D eigenvalue weighted by molar-refractivity contribution is -0.156. The van der Waals surface area contributed by atoms with E-state index in [-0.39, 0.29) is 157 Å². The summed E-state index contributed by atoms with van der Waals surface area (Å²) in [6.45, 7) is 33.0. The van der Waals surface area contributed by atoms with Gasteiger partial charge in [-0.2, -0.15) is 0 Å². The first-order chi connectivity index (χ1) is 62.3. The molecule has 1 saturated heterocycles. The molecule has 1 rings (SSSR count). The quantitative estimate of drug-likeness (QED) is 0.0130. The monoisotopic (exact) mass is 1890 g/mol. The van der Waals surface area contributed by atoms with Crippen LogP contribution in [-0.2, 0) is 86.2 Å². The number of carbonyl (C=O) groups excluding carboxylic acids is 17. The van der Waals surface area contributed by atoms with Crippen molar-refractivity contribution in [1.29, 1.82) is 0 Å². The molecule has 762 valence electrons. The summed E-state index contributed by atoms with van der Waals surface area (Å²) in [5, 5.41) is 72.4. The second-order valence-electron chi connectivity index (χ2n) is 38.3. The van der Waals surface area contributed by atoms with Crippen LogP contribution in [0.3, 0.4) is 0 Å². The Labute approximate surface area is 785 Å². The van der Waals surface area contributed by atoms with Gasteiger partial charge in [0.2, 0.25) is 88.6 Å². The van der Waals surface area contributed by atoms with E-state index in [1.807, 2.05) is 0 Å². The minimum Gasteiger partial charge on any atom is -0.458 e. The van der Waals surface area contributed by atoms with Crippen molar-refractivity contribution in [2.45, 2.75) is 369 Å². The maximum absolute atomic E-state index is 15.0. The number of aliphatic hydroxyl groups is 3. The Morgan fingerprint density at radius 3 is 1.13 bits per heavy atom. The molecule has 0 saturated carbocycles. The number of guanidine groups is 1. The Hall–Kier alpha value is -9.98. The van der Waals surface area contributed by atoms with E-state index in [4.69, 9.17) is 33.4 Å². The molecule has 0 aromatic rings. The topological polar surface area (TPSA) is 695 Å². The number of rotatable bonds is 59. The van der Waals surface area contributed by atoms with Gasteiger partial charge in [0.15, 0.2) is 12.1 Å². The standard InChI is InChI=1S/C90H166N22O21/c1-21-54(18)71(111-82(125)66(42-51(12)13)106-78(121)62(38-47(4)5)102-73(116)55(19)97-77(120)61(37-46(2)3)107-85(128)69(115)45-114)87(130)100-59(32-28-36-96-90(94)95)76(119)103-63(39-48(6)7)79(122)105-65(41-50(10)11)81(124)110-70(53(16)17)86(129)99-58(30-23-26-34-92)75(118)104-67(43-52(14)15)83(126)112-72-56(20)133-89(132)60(31-24-27-35-93)101-74(117)57(29-22-25-33-91)98-84(127)68(44-113)109-80(123)64(40-49(8)9)108-88(72)131/h46-72,113-115H,21-45,91-93H2,1-20H3,(H,97,120)(H,98,127)(H,99,129)(H,100,130)(H,101,117)(H,102,116)(H,103,119)(H,104,118)(H,105,122)(H,106,121)(H,107,128)(H,108,131)(H,109,123)(H,110,124)(H,111,125)(H,112,126)(H4,94,95,96). The number of ether oxygens (including phenoxy) is 1. The number of nitrogens with one attached hydrogen (secondary N) is 16. The van der Waals surface area contributed by atoms with Gasteiger partial charge < -0.3 is 134 Å². The lowest BCUT2D eigenvalue weighted by atomic mass is 9.95. The molecule has 43 heteroatoms. The van der Waals surface area contributed by atoms with Gasteiger partial charge in [-0.1, -0.05) is 131 Å². The Morgan fingerprint density at radius 2 is 0.722 bits per heavy atom. The Balaban J connectivity index is 3.91. The minimum absolute atomic E-state index is 0.0135. The van der Waals surface area contributed by atoms with E-state index in [2.05, 4.69) is 90.1 Å². The summed E-state index contributed by atoms with van der Waals surface area (Å²) in [6.07, 6.45) is -1.02. The fraction of sp³-hybridized carbons (Fsp3) is 0.800. The van der Waals surface area contributed by atoms with E-state index < -0.39 is 234 Å². The average Bonchev–Trinajstić information content (AvgIpc) is 0.839. The largest absolute Gasteiger partial charge is 0.458 e. The number of cyclic esters (lactones) is 1. The van der Waals surface area contributed by atoms with Crippen LogP contribution < -0.4 is 114 Å². The van der Waals surface area contributed by atoms with E-state index >= 15 is 4.79 Å². The molecular weight excluding hydrogens is 1730 g/mol. The molecule has 29 N–H and O–H groups in total. The molecule has 43 nitrogen and oxygen atoms in total. The summed E-state index contributed by atoms with van der Waals surface area (Å²) in [4.78, 5) is 249. The average molecular weight is 1890 g/mol. The maximum Gasteiger partial charge on any atom is 0.328 e. The van der Waals surface area contributed by atoms with E-state index in [0.717, 1.165) is 0 Å². The molecule has 133 heavy (non-hydrogen) atoms. The fourth-order valence-electron chi connectivity index (χ4n) is 14.6. The van der Waals surface area contributed by atoms with Crippen molar-refractivity contribution in [2.75, 3.05) is 39.4 Å². The van der Waals surface area contributed by atoms with Crippen molar-refractivity contribution in [3.8, 4) is 0 Å². The predicted octanol–water partition coefficient (Wildman–Crippen LogP) is -2.48. The number of nitrogens with zero attached hydrogens (tertiary/aromatic N) is 1. The van der Waals surface area contributed by atoms with Crippen LogP contribution >= 0.6 is 0 Å². The molecule has 0 radical (unpaired) electrons. The summed E-state index contributed by atoms with van der Waals surface area (Å²) in [5.41, 5.74) is 28.8. The summed E-state index contributed by atoms with van der Waals surface area (Å²) in [7, 11) is 0. The lowest BCUT2D eigenvalue weighted by Crippen LogP contribution is -2.63. The number of hydrogen-bond acceptors (Lipinski definition) is 25. The van der Waals surface area contributed by atoms with Crippen LogP contribution in [0.15, 0.2) is 4.99 Å². The lowest BCUT2D eigenvalue weighted by Gasteiger charge is -2.32. The van der Waals surface area contributed by atoms with Gasteiger partial charge in [-0.15, -0.1) is 0 Å². The van der Waals surface area contributed by atoms with Crippen molar-refractivity contribution < 1.29 is 102 Å². The Bertz CT molecular complexity index is 3730. The van der Waals surface area contributed by atoms with E-state index in [9.17, 15) is 92.0 Å². The third-order valence-electron chi connectivity index (χ3n) is 22.1. The van der Waals surface area contributed by atoms with Crippen LogP contribution in [0.2, 0.25) is 0 Å². The van der Waals surface area contributed by atoms with E-state index in [1.54, 1.807) is 125 Å². The molecule has 1 heterocycles. The second-order valence-corrected chi connectivity index (χ2v) is 38.3. The number of esters is 1. The zero-order chi connectivity index (χ0) is 101. The first-order valence-corrected chi connectivity index (χ1v) is 47.4. The van der Waals surface area contributed by atoms with Gasteiger partial charge in [0.1, 0.15) is 103 Å². The normalized spacial score (nSPS) is 19.4. The Kier molecular flexibility index (Phi) is 57.6. The Morgan fingerprint density at radius 1 is 0.383 bits per heavy atom. The number of nitrogens with two attached hydrogens (primary N) is 5. The summed E-state index contributed by atoms with van der Waals surface area (Å²) >= 11 is 0. The van der Waals surface area contributed by atoms with E-state index in [0.29, 0.717) is 38.5 Å². The molecule has 0 aliphatic carbocycles. The molecule has 16 amide bonds. The molecule has 1 aliphatic heterocycles. The highest BCUT2D eigenvalue weighted by Gasteiger charge is 2.43. The molecule has 19 atom stereocenters. The van der Waals surface area contributed by atoms with Crippen LogP contribution in [0, 0.1) is 53.3 Å². The van der Waals surface area contributed by atoms with Crippen LogP contribution in [-0.4, -0.2) is 270 Å². The highest BCUT2D eigenvalue weighted by atomic mass is 16.5. The summed E-state index contributed by atoms with van der Waals surface area (Å²) in [6, 6.07) is -22.6. The predicted molar refractivity (Wildman–Crippen MR) is 501 cm³/mol. The SMILES string of the molecule is CCC(C)C(NC(=O)C(CC(C)C)NC(=O)C(CC(C)C)NC(=O)C(C)NC(=O)C(CC(C)C)NC(=O)C(O)CO)C(=O)NC(CCCN=C(N)N)C(=O)NC(CC(C)C)C(=O)NC(CC(C)C)C(=O)NC(C(=O)NC(CCCCN)C(=O)NC(CC(C)C)C(=O)NC1C(=O)NC(CC(C)C)C(=O)NC(CO)C(=O)NC(CCCCN)C(=O)NC(CCCCN)C(=O)OC1C)C(C)C. The molecule has 1 aliphatic rings. The molecule has 0 aromatic heterocycles. The van der Waals surface area contributed by atoms with Crippen LogP contribution in [0.25, 0.3) is 0 Å². The van der Waals surface area contributed by atoms with Crippen molar-refractivity contribution in [3.63, 3.8) is 0 Å². The number of amides is 16. The minimum atomic E-state index is -1.84. The molecule has 0 bridgehead atoms. The molecule has 1 fully saturated rings. The van der Waals surface area contributed by atoms with Gasteiger partial charge in [-0.25, -0.2) is 4.79 Å². The van der Waals surface area contributed by atoms with Crippen LogP contribution in [0.5, 0.6) is 0 Å². The highest BCUT2D eigenvalue weighted by Crippen LogP contribution is 2.20. The maximum atomic E-state index is 15.0. The second kappa shape index (κ2) is 63.3. The summed E-state index contributed by atoms with van der Waals surface area (Å²) < 4.78 is 5.95. The number of carbonyl (C=O) groups is 17. The zero-order valence-corrected chi connectivity index (χ0v) is 82.3. The van der Waals surface area contributed by atoms with Crippen LogP contribution in [0.1, 0.15) is 260 Å². The molecule has 0 aromatic carbocycles. The first-order valence-electron chi connectivity index (χ1n) is 47.4. The molecule has 0 spiro atoms. The van der Waals surface area contributed by atoms with Gasteiger partial charge >= 0.3 is 5.97 Å². The number of unbranched alkanes of at least 4 members (excludes halogenated alkanes) is 3. The zero-order valence-electron chi connectivity index (χ0n) is 82.3. The van der Waals surface area contributed by atoms with Crippen molar-refractivity contribution >= 4 is 106 Å². The number of aliphatic imine (C=N–C) groups is 1. The van der Waals surface area contributed by atoms with Crippen molar-refractivity contribution in [2.24, 2.45) is 86.9 Å². The smallest absolute Gasteiger partial charge is 0.328 e. The first kappa shape index (κ1) is 121. The molecular formula is C90H166N22O21. The third kappa shape index (κ3) is 46.7. The van der Waals surface area contributed by atoms with Gasteiger partial charge in [0.05, 0.1) is 13.2 Å². The number of hydrogen-bond donors (Lipinski definition) is 24. The van der Waals surface area contributed by atoms with Gasteiger partial charge in [-0.05, 0) is 202 Å². The van der Waals surface area contributed by atoms with Crippen LogP contribution in [0.4, 0.5) is 0 Å². The third-order valence-corrected chi connectivity index (χ3v) is 22.1. The molecule has 19 unspecified atom stereocenters. The van der Waals surface area contributed by atoms with Gasteiger partial charge in [0.25, 0.3) is 5.91 Å². The van der Waals surface area contributed by atoms with Gasteiger partial charge in [0, 0.05) is 6.54 Å². The highest BCUT2D eigenvalue weighted by molar-refractivity contribution is 6.01.